The van der Waals surface area contributed by atoms with Crippen molar-refractivity contribution in [1.82, 2.24) is 10.2 Å². The van der Waals surface area contributed by atoms with E-state index in [-0.39, 0.29) is 17.3 Å². The van der Waals surface area contributed by atoms with E-state index in [9.17, 15) is 9.90 Å². The number of rotatable bonds is 3. The average molecular weight is 260 g/mol. The summed E-state index contributed by atoms with van der Waals surface area (Å²) < 4.78 is 0. The van der Waals surface area contributed by atoms with Crippen molar-refractivity contribution >= 4 is 6.03 Å². The molecule has 0 radical (unpaired) electrons. The zero-order valence-electron chi connectivity index (χ0n) is 11.4. The van der Waals surface area contributed by atoms with E-state index < -0.39 is 0 Å². The van der Waals surface area contributed by atoms with E-state index in [1.165, 1.54) is 0 Å². The molecular weight excluding hydrogens is 240 g/mol. The minimum Gasteiger partial charge on any atom is -0.508 e. The number of phenolic OH excluding ortho intramolecular Hbond substituents is 1. The van der Waals surface area contributed by atoms with Crippen LogP contribution in [-0.4, -0.2) is 28.6 Å². The van der Waals surface area contributed by atoms with Gasteiger partial charge in [-0.15, -0.1) is 0 Å². The molecule has 4 nitrogen and oxygen atoms in total. The second-order valence-corrected chi connectivity index (χ2v) is 5.89. The van der Waals surface area contributed by atoms with Crippen molar-refractivity contribution in [3.63, 3.8) is 0 Å². The third-order valence-corrected chi connectivity index (χ3v) is 4.39. The Morgan fingerprint density at radius 1 is 1.32 bits per heavy atom. The summed E-state index contributed by atoms with van der Waals surface area (Å²) in [7, 11) is 0. The number of phenols is 1. The van der Waals surface area contributed by atoms with E-state index in [4.69, 9.17) is 0 Å². The molecule has 0 aromatic heterocycles. The molecule has 1 aliphatic heterocycles. The lowest BCUT2D eigenvalue weighted by Gasteiger charge is -2.41. The molecule has 102 valence electrons. The highest BCUT2D eigenvalue weighted by molar-refractivity contribution is 5.79. The molecule has 1 saturated carbocycles. The normalized spacial score (nSPS) is 26.9. The molecule has 1 saturated heterocycles. The van der Waals surface area contributed by atoms with Crippen molar-refractivity contribution in [2.45, 2.75) is 38.3 Å². The quantitative estimate of drug-likeness (QED) is 0.877. The Morgan fingerprint density at radius 3 is 2.47 bits per heavy atom. The number of nitrogens with zero attached hydrogens (tertiary/aromatic N) is 1. The van der Waals surface area contributed by atoms with Crippen LogP contribution in [0, 0.1) is 5.92 Å². The first kappa shape index (κ1) is 12.3. The van der Waals surface area contributed by atoms with Gasteiger partial charge >= 0.3 is 6.03 Å². The number of aromatic hydroxyl groups is 1. The van der Waals surface area contributed by atoms with Gasteiger partial charge in [-0.1, -0.05) is 26.0 Å². The first-order valence-electron chi connectivity index (χ1n) is 6.92. The number of amides is 2. The molecule has 19 heavy (non-hydrogen) atoms. The first-order chi connectivity index (χ1) is 9.05. The van der Waals surface area contributed by atoms with Crippen LogP contribution in [0.3, 0.4) is 0 Å². The Morgan fingerprint density at radius 2 is 1.95 bits per heavy atom. The van der Waals surface area contributed by atoms with Crippen molar-refractivity contribution < 1.29 is 9.90 Å². The van der Waals surface area contributed by atoms with Gasteiger partial charge in [-0.05, 0) is 36.5 Å². The fourth-order valence-corrected chi connectivity index (χ4v) is 3.19. The second kappa shape index (κ2) is 4.15. The molecule has 2 aliphatic rings. The molecule has 4 heteroatoms. The number of nitrogens with one attached hydrogen (secondary N) is 1. The van der Waals surface area contributed by atoms with Crippen molar-refractivity contribution in [3.05, 3.63) is 29.8 Å². The van der Waals surface area contributed by atoms with Crippen molar-refractivity contribution in [1.29, 1.82) is 0 Å². The molecule has 1 aliphatic carbocycles. The SMILES string of the molecule is CC(C)C1(c2ccc(O)cc2)CNC(=O)N1C1CC1. The molecule has 1 atom stereocenters. The van der Waals surface area contributed by atoms with Crippen molar-refractivity contribution in [2.75, 3.05) is 6.54 Å². The highest BCUT2D eigenvalue weighted by Crippen LogP contribution is 2.45. The Bertz CT molecular complexity index is 493. The summed E-state index contributed by atoms with van der Waals surface area (Å²) in [6.45, 7) is 4.95. The lowest BCUT2D eigenvalue weighted by Crippen LogP contribution is -2.49. The zero-order valence-corrected chi connectivity index (χ0v) is 11.4. The summed E-state index contributed by atoms with van der Waals surface area (Å²) in [4.78, 5) is 14.2. The number of urea groups is 1. The van der Waals surface area contributed by atoms with Crippen LogP contribution in [0.15, 0.2) is 24.3 Å². The molecule has 1 heterocycles. The highest BCUT2D eigenvalue weighted by atomic mass is 16.3. The maximum Gasteiger partial charge on any atom is 0.318 e. The molecule has 0 spiro atoms. The van der Waals surface area contributed by atoms with Crippen molar-refractivity contribution in [3.8, 4) is 5.75 Å². The fraction of sp³-hybridized carbons (Fsp3) is 0.533. The van der Waals surface area contributed by atoms with Gasteiger partial charge in [-0.3, -0.25) is 0 Å². The lowest BCUT2D eigenvalue weighted by atomic mass is 9.79. The molecule has 2 N–H and O–H groups in total. The number of hydrogen-bond acceptors (Lipinski definition) is 2. The predicted octanol–water partition coefficient (Wildman–Crippen LogP) is 2.43. The van der Waals surface area contributed by atoms with Gasteiger partial charge in [0.1, 0.15) is 5.75 Å². The summed E-state index contributed by atoms with van der Waals surface area (Å²) in [5.41, 5.74) is 0.817. The van der Waals surface area contributed by atoms with Gasteiger partial charge in [-0.2, -0.15) is 0 Å². The van der Waals surface area contributed by atoms with Gasteiger partial charge in [-0.25, -0.2) is 4.79 Å². The maximum atomic E-state index is 12.2. The molecule has 2 fully saturated rings. The van der Waals surface area contributed by atoms with Crippen molar-refractivity contribution in [2.24, 2.45) is 5.92 Å². The van der Waals surface area contributed by atoms with Crippen LogP contribution in [0.4, 0.5) is 4.79 Å². The van der Waals surface area contributed by atoms with Gasteiger partial charge in [0.2, 0.25) is 0 Å². The zero-order chi connectivity index (χ0) is 13.6. The molecule has 2 amide bonds. The van der Waals surface area contributed by atoms with Crippen LogP contribution in [0.25, 0.3) is 0 Å². The number of benzene rings is 1. The molecule has 3 rings (SSSR count). The lowest BCUT2D eigenvalue weighted by molar-refractivity contribution is 0.107. The Labute approximate surface area is 113 Å². The molecule has 0 bridgehead atoms. The van der Waals surface area contributed by atoms with Crippen LogP contribution >= 0.6 is 0 Å². The monoisotopic (exact) mass is 260 g/mol. The summed E-state index contributed by atoms with van der Waals surface area (Å²) in [6, 6.07) is 7.69. The summed E-state index contributed by atoms with van der Waals surface area (Å²) in [5.74, 6) is 0.578. The van der Waals surface area contributed by atoms with Gasteiger partial charge in [0, 0.05) is 12.6 Å². The Balaban J connectivity index is 2.08. The molecule has 1 unspecified atom stereocenters. The predicted molar refractivity (Wildman–Crippen MR) is 72.9 cm³/mol. The number of carbonyl (C=O) groups excluding carboxylic acids is 1. The topological polar surface area (TPSA) is 52.6 Å². The van der Waals surface area contributed by atoms with E-state index >= 15 is 0 Å². The van der Waals surface area contributed by atoms with Crippen LogP contribution in [0.1, 0.15) is 32.3 Å². The number of carbonyl (C=O) groups is 1. The fourth-order valence-electron chi connectivity index (χ4n) is 3.19. The number of hydrogen-bond donors (Lipinski definition) is 2. The highest BCUT2D eigenvalue weighted by Gasteiger charge is 2.54. The summed E-state index contributed by atoms with van der Waals surface area (Å²) in [5, 5.41) is 12.5. The van der Waals surface area contributed by atoms with Gasteiger partial charge in [0.05, 0.1) is 5.54 Å². The third-order valence-electron chi connectivity index (χ3n) is 4.39. The van der Waals surface area contributed by atoms with E-state index in [0.29, 0.717) is 18.5 Å². The second-order valence-electron chi connectivity index (χ2n) is 5.89. The van der Waals surface area contributed by atoms with Gasteiger partial charge < -0.3 is 15.3 Å². The standard InChI is InChI=1S/C15H20N2O2/c1-10(2)15(11-3-7-13(18)8-4-11)9-16-14(19)17(15)12-5-6-12/h3-4,7-8,10,12,18H,5-6,9H2,1-2H3,(H,16,19). The Kier molecular flexibility index (Phi) is 2.69. The molecule has 1 aromatic carbocycles. The van der Waals surface area contributed by atoms with E-state index in [1.807, 2.05) is 17.0 Å². The van der Waals surface area contributed by atoms with E-state index in [2.05, 4.69) is 19.2 Å². The van der Waals surface area contributed by atoms with Gasteiger partial charge in [0.25, 0.3) is 0 Å². The third kappa shape index (κ3) is 1.78. The molecular formula is C15H20N2O2. The first-order valence-corrected chi connectivity index (χ1v) is 6.92. The summed E-state index contributed by atoms with van der Waals surface area (Å²) >= 11 is 0. The maximum absolute atomic E-state index is 12.2. The van der Waals surface area contributed by atoms with Crippen LogP contribution in [0.2, 0.25) is 0 Å². The smallest absolute Gasteiger partial charge is 0.318 e. The van der Waals surface area contributed by atoms with Crippen LogP contribution in [0.5, 0.6) is 5.75 Å². The average Bonchev–Trinajstić information content (AvgIpc) is 3.14. The summed E-state index contributed by atoms with van der Waals surface area (Å²) in [6.07, 6.45) is 2.19. The molecule has 1 aromatic rings. The minimum absolute atomic E-state index is 0.0456. The van der Waals surface area contributed by atoms with E-state index in [1.54, 1.807) is 12.1 Å². The van der Waals surface area contributed by atoms with Crippen LogP contribution in [-0.2, 0) is 5.54 Å². The van der Waals surface area contributed by atoms with Gasteiger partial charge in [0.15, 0.2) is 0 Å². The Hall–Kier alpha value is -1.71. The largest absolute Gasteiger partial charge is 0.508 e. The van der Waals surface area contributed by atoms with E-state index in [0.717, 1.165) is 18.4 Å². The minimum atomic E-state index is -0.286. The van der Waals surface area contributed by atoms with Crippen LogP contribution < -0.4 is 5.32 Å².